The number of benzene rings is 3. The summed E-state index contributed by atoms with van der Waals surface area (Å²) in [5.41, 5.74) is 2.09. The molecule has 1 aliphatic rings. The van der Waals surface area contributed by atoms with Crippen molar-refractivity contribution in [3.63, 3.8) is 0 Å². The number of anilines is 2. The molecule has 42 heavy (non-hydrogen) atoms. The minimum atomic E-state index is -0.552. The van der Waals surface area contributed by atoms with Crippen LogP contribution in [-0.2, 0) is 16.1 Å². The Morgan fingerprint density at radius 2 is 1.83 bits per heavy atom. The molecule has 0 unspecified atom stereocenters. The van der Waals surface area contributed by atoms with Gasteiger partial charge >= 0.3 is 0 Å². The number of thioether (sulfide) groups is 1. The number of carbonyl (C=O) groups is 3. The van der Waals surface area contributed by atoms with Gasteiger partial charge in [-0.3, -0.25) is 29.4 Å². The van der Waals surface area contributed by atoms with E-state index in [1.54, 1.807) is 36.4 Å². The van der Waals surface area contributed by atoms with Crippen LogP contribution in [0.5, 0.6) is 5.75 Å². The van der Waals surface area contributed by atoms with Crippen molar-refractivity contribution in [3.8, 4) is 5.75 Å². The Morgan fingerprint density at radius 1 is 1.07 bits per heavy atom. The van der Waals surface area contributed by atoms with E-state index >= 15 is 0 Å². The highest BCUT2D eigenvalue weighted by molar-refractivity contribution is 8.18. The van der Waals surface area contributed by atoms with Gasteiger partial charge in [0, 0.05) is 48.2 Å². The average Bonchev–Trinajstić information content (AvgIpc) is 3.22. The molecular weight excluding hydrogens is 603 g/mol. The molecule has 0 spiro atoms. The van der Waals surface area contributed by atoms with Crippen molar-refractivity contribution in [2.75, 3.05) is 29.9 Å². The number of hydrogen-bond acceptors (Lipinski definition) is 8. The summed E-state index contributed by atoms with van der Waals surface area (Å²) in [7, 11) is 0. The van der Waals surface area contributed by atoms with Gasteiger partial charge in [-0.25, -0.2) is 0 Å². The molecule has 0 aromatic heterocycles. The smallest absolute Gasteiger partial charge is 0.293 e. The fourth-order valence-electron chi connectivity index (χ4n) is 4.19. The fourth-order valence-corrected chi connectivity index (χ4v) is 5.34. The van der Waals surface area contributed by atoms with E-state index in [0.717, 1.165) is 35.4 Å². The lowest BCUT2D eigenvalue weighted by Gasteiger charge is -2.22. The maximum absolute atomic E-state index is 13.2. The number of nitrogens with one attached hydrogen (secondary N) is 1. The van der Waals surface area contributed by atoms with Crippen LogP contribution in [0.4, 0.5) is 21.9 Å². The third-order valence-electron chi connectivity index (χ3n) is 6.31. The topological polar surface area (TPSA) is 122 Å². The number of amides is 3. The molecule has 1 aliphatic heterocycles. The van der Waals surface area contributed by atoms with E-state index in [2.05, 4.69) is 10.2 Å². The van der Waals surface area contributed by atoms with Crippen LogP contribution in [0.1, 0.15) is 25.0 Å². The number of nitro groups is 1. The third-order valence-corrected chi connectivity index (χ3v) is 7.96. The molecule has 1 saturated heterocycles. The first-order valence-electron chi connectivity index (χ1n) is 12.8. The van der Waals surface area contributed by atoms with Crippen LogP contribution in [0.2, 0.25) is 10.0 Å². The lowest BCUT2D eigenvalue weighted by atomic mass is 10.1. The van der Waals surface area contributed by atoms with E-state index in [-0.39, 0.29) is 22.8 Å². The summed E-state index contributed by atoms with van der Waals surface area (Å²) < 4.78 is 5.88. The predicted octanol–water partition coefficient (Wildman–Crippen LogP) is 7.00. The van der Waals surface area contributed by atoms with Gasteiger partial charge in [-0.15, -0.1) is 0 Å². The molecule has 4 rings (SSSR count). The molecule has 3 aromatic carbocycles. The molecule has 3 amide bonds. The molecule has 10 nitrogen and oxygen atoms in total. The van der Waals surface area contributed by atoms with Crippen molar-refractivity contribution in [1.82, 2.24) is 4.90 Å². The summed E-state index contributed by atoms with van der Waals surface area (Å²) in [6.45, 7) is 5.11. The molecule has 3 aromatic rings. The first-order chi connectivity index (χ1) is 20.1. The lowest BCUT2D eigenvalue weighted by Crippen LogP contribution is -2.27. The van der Waals surface area contributed by atoms with Gasteiger partial charge in [0.2, 0.25) is 0 Å². The molecule has 0 atom stereocenters. The van der Waals surface area contributed by atoms with Crippen molar-refractivity contribution < 1.29 is 24.0 Å². The van der Waals surface area contributed by atoms with Gasteiger partial charge in [-0.05, 0) is 67.6 Å². The van der Waals surface area contributed by atoms with Crippen LogP contribution >= 0.6 is 35.0 Å². The number of carbonyl (C=O) groups excluding carboxylic acids is 3. The first kappa shape index (κ1) is 30.9. The summed E-state index contributed by atoms with van der Waals surface area (Å²) in [5, 5.41) is 13.9. The van der Waals surface area contributed by atoms with E-state index in [1.807, 2.05) is 19.9 Å². The van der Waals surface area contributed by atoms with Gasteiger partial charge in [-0.1, -0.05) is 35.3 Å². The van der Waals surface area contributed by atoms with E-state index in [0.29, 0.717) is 26.9 Å². The van der Waals surface area contributed by atoms with Gasteiger partial charge < -0.3 is 15.0 Å². The fraction of sp³-hybridized carbons (Fsp3) is 0.207. The van der Waals surface area contributed by atoms with Gasteiger partial charge in [0.05, 0.1) is 26.4 Å². The second-order valence-electron chi connectivity index (χ2n) is 9.06. The normalized spacial score (nSPS) is 13.9. The van der Waals surface area contributed by atoms with Crippen LogP contribution in [0.15, 0.2) is 65.6 Å². The average molecular weight is 630 g/mol. The Kier molecular flexibility index (Phi) is 10.1. The van der Waals surface area contributed by atoms with Crippen molar-refractivity contribution in [1.29, 1.82) is 0 Å². The highest BCUT2D eigenvalue weighted by Gasteiger charge is 2.35. The molecule has 218 valence electrons. The second-order valence-corrected chi connectivity index (χ2v) is 10.9. The number of halogens is 2. The van der Waals surface area contributed by atoms with E-state index in [1.165, 1.54) is 24.3 Å². The van der Waals surface area contributed by atoms with Gasteiger partial charge in [0.1, 0.15) is 5.75 Å². The predicted molar refractivity (Wildman–Crippen MR) is 165 cm³/mol. The van der Waals surface area contributed by atoms with Gasteiger partial charge in [-0.2, -0.15) is 0 Å². The minimum Gasteiger partial charge on any atom is -0.483 e. The largest absolute Gasteiger partial charge is 0.483 e. The summed E-state index contributed by atoms with van der Waals surface area (Å²) >= 11 is 12.9. The monoisotopic (exact) mass is 628 g/mol. The summed E-state index contributed by atoms with van der Waals surface area (Å²) in [5.74, 6) is -0.681. The van der Waals surface area contributed by atoms with Gasteiger partial charge in [0.25, 0.3) is 22.7 Å². The molecule has 0 aliphatic carbocycles. The number of nitro benzene ring substituents is 1. The zero-order chi connectivity index (χ0) is 30.4. The Balaban J connectivity index is 1.56. The Hall–Kier alpha value is -4.06. The summed E-state index contributed by atoms with van der Waals surface area (Å²) in [6, 6.07) is 15.9. The maximum Gasteiger partial charge on any atom is 0.293 e. The quantitative estimate of drug-likeness (QED) is 0.137. The number of nitrogens with zero attached hydrogens (tertiary/aromatic N) is 3. The van der Waals surface area contributed by atoms with E-state index < -0.39 is 28.6 Å². The number of hydrogen-bond donors (Lipinski definition) is 1. The highest BCUT2D eigenvalue weighted by Crippen LogP contribution is 2.36. The standard InChI is InChI=1S/C29H26Cl2N4O6S/c1-3-33(4-2)21-10-9-19(25(15-21)41-17-27(36)32-20-6-5-7-22(14-20)35(39)40)13-26-28(37)34(29(38)42-26)16-18-8-11-23(30)24(31)12-18/h5-15H,3-4,16-17H2,1-2H3,(H,32,36)/b26-13+. The van der Waals surface area contributed by atoms with Crippen molar-refractivity contribution in [3.05, 3.63) is 96.9 Å². The lowest BCUT2D eigenvalue weighted by molar-refractivity contribution is -0.384. The van der Waals surface area contributed by atoms with E-state index in [9.17, 15) is 24.5 Å². The van der Waals surface area contributed by atoms with Crippen molar-refractivity contribution >= 4 is 75.2 Å². The number of non-ortho nitro benzene ring substituents is 1. The summed E-state index contributed by atoms with van der Waals surface area (Å²) in [4.78, 5) is 52.5. The van der Waals surface area contributed by atoms with Crippen molar-refractivity contribution in [2.45, 2.75) is 20.4 Å². The SMILES string of the molecule is CCN(CC)c1ccc(/C=C2/SC(=O)N(Cc3ccc(Cl)c(Cl)c3)C2=O)c(OCC(=O)Nc2cccc([N+](=O)[O-])c2)c1. The maximum atomic E-state index is 13.2. The van der Waals surface area contributed by atoms with Crippen LogP contribution in [-0.4, -0.2) is 46.6 Å². The molecule has 1 heterocycles. The Bertz CT molecular complexity index is 1580. The molecular formula is C29H26Cl2N4O6S. The summed E-state index contributed by atoms with van der Waals surface area (Å²) in [6.07, 6.45) is 1.56. The zero-order valence-electron chi connectivity index (χ0n) is 22.6. The highest BCUT2D eigenvalue weighted by atomic mass is 35.5. The Morgan fingerprint density at radius 3 is 2.52 bits per heavy atom. The third kappa shape index (κ3) is 7.41. The van der Waals surface area contributed by atoms with Crippen LogP contribution in [0, 0.1) is 10.1 Å². The van der Waals surface area contributed by atoms with Crippen LogP contribution in [0.3, 0.4) is 0 Å². The number of imide groups is 1. The van der Waals surface area contributed by atoms with Gasteiger partial charge in [0.15, 0.2) is 6.61 Å². The minimum absolute atomic E-state index is 0.0287. The number of rotatable bonds is 11. The molecule has 1 fully saturated rings. The second kappa shape index (κ2) is 13.7. The number of ether oxygens (including phenoxy) is 1. The zero-order valence-corrected chi connectivity index (χ0v) is 25.0. The van der Waals surface area contributed by atoms with E-state index in [4.69, 9.17) is 27.9 Å². The van der Waals surface area contributed by atoms with Crippen LogP contribution < -0.4 is 15.0 Å². The molecule has 0 saturated carbocycles. The van der Waals surface area contributed by atoms with Crippen LogP contribution in [0.25, 0.3) is 6.08 Å². The molecule has 0 bridgehead atoms. The molecule has 0 radical (unpaired) electrons. The Labute approximate surface area is 256 Å². The molecule has 13 heteroatoms. The molecule has 1 N–H and O–H groups in total. The first-order valence-corrected chi connectivity index (χ1v) is 14.4. The van der Waals surface area contributed by atoms with Crippen molar-refractivity contribution in [2.24, 2.45) is 0 Å².